The van der Waals surface area contributed by atoms with Crippen molar-refractivity contribution >= 4 is 11.8 Å². The first-order valence-corrected chi connectivity index (χ1v) is 9.96. The van der Waals surface area contributed by atoms with E-state index in [4.69, 9.17) is 4.74 Å². The molecule has 1 heterocycles. The first-order chi connectivity index (χ1) is 12.7. The fourth-order valence-electron chi connectivity index (χ4n) is 4.01. The fourth-order valence-corrected chi connectivity index (χ4v) is 4.01. The molecule has 5 heteroatoms. The van der Waals surface area contributed by atoms with Crippen molar-refractivity contribution in [2.24, 2.45) is 5.92 Å². The van der Waals surface area contributed by atoms with Gasteiger partial charge in [0.25, 0.3) is 0 Å². The Balaban J connectivity index is 1.46. The molecule has 2 amide bonds. The topological polar surface area (TPSA) is 49.9 Å². The summed E-state index contributed by atoms with van der Waals surface area (Å²) in [6.07, 6.45) is 5.61. The van der Waals surface area contributed by atoms with Gasteiger partial charge in [0.15, 0.2) is 0 Å². The number of aryl methyl sites for hydroxylation is 1. The summed E-state index contributed by atoms with van der Waals surface area (Å²) in [7, 11) is 0. The Hall–Kier alpha value is -2.04. The highest BCUT2D eigenvalue weighted by atomic mass is 16.5. The van der Waals surface area contributed by atoms with E-state index in [9.17, 15) is 9.59 Å². The van der Waals surface area contributed by atoms with Gasteiger partial charge in [-0.2, -0.15) is 0 Å². The fraction of sp³-hybridized carbons (Fsp3) is 0.619. The summed E-state index contributed by atoms with van der Waals surface area (Å²) in [6, 6.07) is 7.92. The summed E-state index contributed by atoms with van der Waals surface area (Å²) in [6.45, 7) is 5.26. The molecule has 26 heavy (non-hydrogen) atoms. The van der Waals surface area contributed by atoms with Gasteiger partial charge in [0.05, 0.1) is 6.61 Å². The van der Waals surface area contributed by atoms with Crippen LogP contribution in [0.25, 0.3) is 0 Å². The van der Waals surface area contributed by atoms with Crippen LogP contribution in [0.3, 0.4) is 0 Å². The van der Waals surface area contributed by atoms with Crippen LogP contribution in [0, 0.1) is 5.92 Å². The number of hydrogen-bond donors (Lipinski definition) is 0. The number of para-hydroxylation sites is 1. The lowest BCUT2D eigenvalue weighted by molar-refractivity contribution is -0.142. The van der Waals surface area contributed by atoms with Crippen LogP contribution in [-0.4, -0.2) is 54.4 Å². The highest BCUT2D eigenvalue weighted by Crippen LogP contribution is 2.27. The minimum absolute atomic E-state index is 0.171. The summed E-state index contributed by atoms with van der Waals surface area (Å²) in [5, 5.41) is 0. The van der Waals surface area contributed by atoms with E-state index in [2.05, 4.69) is 0 Å². The van der Waals surface area contributed by atoms with Crippen molar-refractivity contribution in [2.45, 2.75) is 45.4 Å². The molecule has 2 aliphatic rings. The minimum atomic E-state index is 0.171. The quantitative estimate of drug-likeness (QED) is 0.786. The molecule has 0 aromatic heterocycles. The van der Waals surface area contributed by atoms with Gasteiger partial charge < -0.3 is 14.5 Å². The van der Waals surface area contributed by atoms with Gasteiger partial charge in [-0.05, 0) is 37.8 Å². The Labute approximate surface area is 156 Å². The van der Waals surface area contributed by atoms with E-state index in [1.54, 1.807) is 0 Å². The Morgan fingerprint density at radius 2 is 1.69 bits per heavy atom. The number of ether oxygens (including phenoxy) is 1. The molecule has 0 unspecified atom stereocenters. The minimum Gasteiger partial charge on any atom is -0.494 e. The number of carbonyl (C=O) groups is 2. The number of carbonyl (C=O) groups excluding carboxylic acids is 2. The first-order valence-electron chi connectivity index (χ1n) is 9.96. The molecule has 3 rings (SSSR count). The second-order valence-electron chi connectivity index (χ2n) is 7.23. The second-order valence-corrected chi connectivity index (χ2v) is 7.23. The smallest absolute Gasteiger partial charge is 0.225 e. The molecule has 1 aromatic carbocycles. The Bertz CT molecular complexity index is 617. The maximum Gasteiger partial charge on any atom is 0.225 e. The van der Waals surface area contributed by atoms with Crippen molar-refractivity contribution in [3.63, 3.8) is 0 Å². The number of piperazine rings is 1. The van der Waals surface area contributed by atoms with Gasteiger partial charge in [-0.1, -0.05) is 31.0 Å². The van der Waals surface area contributed by atoms with Crippen LogP contribution in [0.1, 0.15) is 44.6 Å². The largest absolute Gasteiger partial charge is 0.494 e. The van der Waals surface area contributed by atoms with Crippen LogP contribution >= 0.6 is 0 Å². The standard InChI is InChI=1S/C21H30N2O3/c1-2-26-19-10-6-5-7-17(19)11-12-20(24)22-13-15-23(16-14-22)21(25)18-8-3-4-9-18/h5-7,10,18H,2-4,8-9,11-16H2,1H3. The molecule has 1 aliphatic heterocycles. The molecule has 1 saturated carbocycles. The van der Waals surface area contributed by atoms with Crippen LogP contribution in [0.15, 0.2) is 24.3 Å². The van der Waals surface area contributed by atoms with E-state index in [0.717, 1.165) is 24.2 Å². The first kappa shape index (κ1) is 18.7. The molecular formula is C21H30N2O3. The van der Waals surface area contributed by atoms with E-state index < -0.39 is 0 Å². The van der Waals surface area contributed by atoms with E-state index in [1.807, 2.05) is 41.0 Å². The summed E-state index contributed by atoms with van der Waals surface area (Å²) >= 11 is 0. The third-order valence-corrected chi connectivity index (χ3v) is 5.53. The summed E-state index contributed by atoms with van der Waals surface area (Å²) in [5.41, 5.74) is 1.08. The monoisotopic (exact) mass is 358 g/mol. The molecular weight excluding hydrogens is 328 g/mol. The summed E-state index contributed by atoms with van der Waals surface area (Å²) < 4.78 is 5.63. The number of benzene rings is 1. The predicted octanol–water partition coefficient (Wildman–Crippen LogP) is 2.88. The third-order valence-electron chi connectivity index (χ3n) is 5.53. The molecule has 0 atom stereocenters. The molecule has 0 spiro atoms. The lowest BCUT2D eigenvalue weighted by Crippen LogP contribution is -2.51. The van der Waals surface area contributed by atoms with Crippen LogP contribution < -0.4 is 4.74 Å². The van der Waals surface area contributed by atoms with Crippen LogP contribution in [0.2, 0.25) is 0 Å². The van der Waals surface area contributed by atoms with Crippen molar-refractivity contribution in [1.29, 1.82) is 0 Å². The molecule has 142 valence electrons. The van der Waals surface area contributed by atoms with E-state index in [-0.39, 0.29) is 11.8 Å². The van der Waals surface area contributed by atoms with Gasteiger partial charge >= 0.3 is 0 Å². The van der Waals surface area contributed by atoms with Crippen molar-refractivity contribution in [2.75, 3.05) is 32.8 Å². The van der Waals surface area contributed by atoms with Crippen LogP contribution in [0.5, 0.6) is 5.75 Å². The Morgan fingerprint density at radius 3 is 2.38 bits per heavy atom. The number of nitrogens with zero attached hydrogens (tertiary/aromatic N) is 2. The van der Waals surface area contributed by atoms with Gasteiger partial charge in [-0.25, -0.2) is 0 Å². The average Bonchev–Trinajstić information content (AvgIpc) is 3.21. The maximum absolute atomic E-state index is 12.6. The second kappa shape index (κ2) is 9.06. The predicted molar refractivity (Wildman–Crippen MR) is 101 cm³/mol. The Morgan fingerprint density at radius 1 is 1.04 bits per heavy atom. The summed E-state index contributed by atoms with van der Waals surface area (Å²) in [5.74, 6) is 1.58. The zero-order valence-corrected chi connectivity index (χ0v) is 15.8. The highest BCUT2D eigenvalue weighted by Gasteiger charge is 2.30. The van der Waals surface area contributed by atoms with Gasteiger partial charge in [-0.15, -0.1) is 0 Å². The zero-order valence-electron chi connectivity index (χ0n) is 15.8. The van der Waals surface area contributed by atoms with Gasteiger partial charge in [0.2, 0.25) is 11.8 Å². The summed E-state index contributed by atoms with van der Waals surface area (Å²) in [4.78, 5) is 28.9. The Kier molecular flexibility index (Phi) is 6.53. The maximum atomic E-state index is 12.6. The number of rotatable bonds is 6. The van der Waals surface area contributed by atoms with Crippen molar-refractivity contribution in [3.05, 3.63) is 29.8 Å². The molecule has 0 bridgehead atoms. The van der Waals surface area contributed by atoms with Crippen molar-refractivity contribution < 1.29 is 14.3 Å². The average molecular weight is 358 g/mol. The molecule has 1 saturated heterocycles. The van der Waals surface area contributed by atoms with Crippen molar-refractivity contribution in [1.82, 2.24) is 9.80 Å². The lowest BCUT2D eigenvalue weighted by atomic mass is 10.1. The third kappa shape index (κ3) is 4.57. The van der Waals surface area contributed by atoms with Gasteiger partial charge in [0, 0.05) is 38.5 Å². The van der Waals surface area contributed by atoms with Gasteiger partial charge in [-0.3, -0.25) is 9.59 Å². The van der Waals surface area contributed by atoms with E-state index in [0.29, 0.717) is 51.5 Å². The molecule has 1 aromatic rings. The van der Waals surface area contributed by atoms with E-state index in [1.165, 1.54) is 12.8 Å². The van der Waals surface area contributed by atoms with Gasteiger partial charge in [0.1, 0.15) is 5.75 Å². The molecule has 5 nitrogen and oxygen atoms in total. The van der Waals surface area contributed by atoms with Crippen molar-refractivity contribution in [3.8, 4) is 5.75 Å². The molecule has 1 aliphatic carbocycles. The molecule has 0 radical (unpaired) electrons. The molecule has 2 fully saturated rings. The number of amides is 2. The lowest BCUT2D eigenvalue weighted by Gasteiger charge is -2.36. The van der Waals surface area contributed by atoms with Crippen LogP contribution in [0.4, 0.5) is 0 Å². The van der Waals surface area contributed by atoms with Crippen LogP contribution in [-0.2, 0) is 16.0 Å². The highest BCUT2D eigenvalue weighted by molar-refractivity contribution is 5.80. The SMILES string of the molecule is CCOc1ccccc1CCC(=O)N1CCN(C(=O)C2CCCC2)CC1. The normalized spacial score (nSPS) is 18.2. The van der Waals surface area contributed by atoms with E-state index >= 15 is 0 Å². The number of hydrogen-bond acceptors (Lipinski definition) is 3. The zero-order chi connectivity index (χ0) is 18.4. The molecule has 0 N–H and O–H groups in total.